The number of methoxy groups -OCH3 is 1. The number of halogens is 1. The summed E-state index contributed by atoms with van der Waals surface area (Å²) in [5.41, 5.74) is 2.76. The van der Waals surface area contributed by atoms with E-state index in [1.54, 1.807) is 19.1 Å². The number of amides is 2. The number of hydrogen-bond acceptors (Lipinski definition) is 6. The molecule has 3 aromatic rings. The molecule has 0 radical (unpaired) electrons. The van der Waals surface area contributed by atoms with Gasteiger partial charge in [-0.2, -0.15) is 0 Å². The Morgan fingerprint density at radius 1 is 1.08 bits per heavy atom. The van der Waals surface area contributed by atoms with E-state index in [1.165, 1.54) is 13.2 Å². The van der Waals surface area contributed by atoms with E-state index in [-0.39, 0.29) is 30.0 Å². The van der Waals surface area contributed by atoms with Crippen molar-refractivity contribution in [3.63, 3.8) is 0 Å². The summed E-state index contributed by atoms with van der Waals surface area (Å²) in [7, 11) is 1.42. The minimum Gasteiger partial charge on any atom is -0.494 e. The molecule has 2 amide bonds. The molecule has 0 aliphatic carbocycles. The molecule has 39 heavy (non-hydrogen) atoms. The predicted octanol–water partition coefficient (Wildman–Crippen LogP) is 4.05. The topological polar surface area (TPSA) is 84.0 Å². The van der Waals surface area contributed by atoms with E-state index < -0.39 is 5.82 Å². The van der Waals surface area contributed by atoms with Crippen molar-refractivity contribution in [2.24, 2.45) is 0 Å². The number of piperazine rings is 1. The van der Waals surface area contributed by atoms with Crippen LogP contribution in [0, 0.1) is 5.82 Å². The van der Waals surface area contributed by atoms with Crippen molar-refractivity contribution < 1.29 is 23.5 Å². The van der Waals surface area contributed by atoms with E-state index in [4.69, 9.17) is 14.5 Å². The van der Waals surface area contributed by atoms with Gasteiger partial charge >= 0.3 is 0 Å². The largest absolute Gasteiger partial charge is 0.494 e. The molecule has 9 heteroatoms. The Bertz CT molecular complexity index is 1320. The van der Waals surface area contributed by atoms with Crippen LogP contribution in [0.25, 0.3) is 22.2 Å². The summed E-state index contributed by atoms with van der Waals surface area (Å²) in [4.78, 5) is 33.3. The average molecular weight is 537 g/mol. The first kappa shape index (κ1) is 28.3. The summed E-state index contributed by atoms with van der Waals surface area (Å²) in [6.07, 6.45) is 1.01. The fourth-order valence-corrected chi connectivity index (χ4v) is 4.79. The molecule has 2 heterocycles. The highest BCUT2D eigenvalue weighted by atomic mass is 19.1. The molecule has 1 fully saturated rings. The van der Waals surface area contributed by atoms with E-state index in [2.05, 4.69) is 10.2 Å². The molecule has 2 aromatic carbocycles. The molecule has 1 N–H and O–H groups in total. The second kappa shape index (κ2) is 12.9. The zero-order valence-electron chi connectivity index (χ0n) is 23.1. The minimum atomic E-state index is -0.457. The molecule has 0 spiro atoms. The number of nitrogens with one attached hydrogen (secondary N) is 1. The fourth-order valence-electron chi connectivity index (χ4n) is 4.79. The number of hydrogen-bond donors (Lipinski definition) is 1. The Kier molecular flexibility index (Phi) is 9.35. The number of carbonyl (C=O) groups excluding carboxylic acids is 2. The first-order valence-electron chi connectivity index (χ1n) is 13.4. The van der Waals surface area contributed by atoms with Crippen molar-refractivity contribution >= 4 is 22.7 Å². The van der Waals surface area contributed by atoms with Crippen molar-refractivity contribution in [3.8, 4) is 22.8 Å². The zero-order valence-corrected chi connectivity index (χ0v) is 23.1. The van der Waals surface area contributed by atoms with Crippen LogP contribution in [0.2, 0.25) is 0 Å². The smallest absolute Gasteiger partial charge is 0.224 e. The van der Waals surface area contributed by atoms with Crippen molar-refractivity contribution in [1.29, 1.82) is 0 Å². The number of carbonyl (C=O) groups is 2. The van der Waals surface area contributed by atoms with Crippen molar-refractivity contribution in [2.45, 2.75) is 39.7 Å². The molecule has 1 aliphatic rings. The number of rotatable bonds is 10. The van der Waals surface area contributed by atoms with Crippen LogP contribution >= 0.6 is 0 Å². The van der Waals surface area contributed by atoms with Crippen molar-refractivity contribution in [1.82, 2.24) is 20.1 Å². The molecule has 0 atom stereocenters. The molecular formula is C30H37FN4O4. The average Bonchev–Trinajstić information content (AvgIpc) is 2.91. The lowest BCUT2D eigenvalue weighted by Crippen LogP contribution is -2.48. The normalized spacial score (nSPS) is 14.1. The summed E-state index contributed by atoms with van der Waals surface area (Å²) in [5.74, 6) is 0.423. The Morgan fingerprint density at radius 3 is 2.54 bits per heavy atom. The Labute approximate surface area is 229 Å². The summed E-state index contributed by atoms with van der Waals surface area (Å²) in [6.45, 7) is 10.3. The van der Waals surface area contributed by atoms with Gasteiger partial charge in [0.25, 0.3) is 0 Å². The highest BCUT2D eigenvalue weighted by Crippen LogP contribution is 2.31. The van der Waals surface area contributed by atoms with Crippen LogP contribution in [-0.2, 0) is 16.0 Å². The van der Waals surface area contributed by atoms with Crippen LogP contribution in [0.15, 0.2) is 42.5 Å². The molecular weight excluding hydrogens is 499 g/mol. The monoisotopic (exact) mass is 536 g/mol. The molecule has 0 bridgehead atoms. The van der Waals surface area contributed by atoms with E-state index in [0.717, 1.165) is 61.4 Å². The minimum absolute atomic E-state index is 0.0123. The third-order valence-electron chi connectivity index (χ3n) is 6.80. The van der Waals surface area contributed by atoms with Crippen LogP contribution < -0.4 is 14.8 Å². The van der Waals surface area contributed by atoms with Crippen LogP contribution in [-0.4, -0.2) is 79.1 Å². The van der Waals surface area contributed by atoms with Gasteiger partial charge in [0.1, 0.15) is 5.75 Å². The quantitative estimate of drug-likeness (QED) is 0.394. The molecule has 0 saturated carbocycles. The SMILES string of the molecule is COc1cc(-c2nc3ccc(OCCCN4CCN(C(C)=O)CC4)cc3cc2CC(=O)NC(C)C)ccc1F. The van der Waals surface area contributed by atoms with Gasteiger partial charge in [0.15, 0.2) is 11.6 Å². The van der Waals surface area contributed by atoms with Gasteiger partial charge in [-0.25, -0.2) is 9.37 Å². The van der Waals surface area contributed by atoms with E-state index in [0.29, 0.717) is 17.9 Å². The number of ether oxygens (including phenoxy) is 2. The van der Waals surface area contributed by atoms with Crippen LogP contribution in [0.1, 0.15) is 32.8 Å². The van der Waals surface area contributed by atoms with Gasteiger partial charge in [-0.1, -0.05) is 0 Å². The number of pyridine rings is 1. The molecule has 208 valence electrons. The molecule has 1 aromatic heterocycles. The van der Waals surface area contributed by atoms with Crippen LogP contribution in [0.3, 0.4) is 0 Å². The lowest BCUT2D eigenvalue weighted by molar-refractivity contribution is -0.130. The maximum Gasteiger partial charge on any atom is 0.224 e. The molecule has 1 aliphatic heterocycles. The van der Waals surface area contributed by atoms with Crippen molar-refractivity contribution in [2.75, 3.05) is 46.4 Å². The van der Waals surface area contributed by atoms with Gasteiger partial charge in [-0.05, 0) is 68.3 Å². The fraction of sp³-hybridized carbons (Fsp3) is 0.433. The maximum atomic E-state index is 14.1. The van der Waals surface area contributed by atoms with Gasteiger partial charge < -0.3 is 19.7 Å². The maximum absolute atomic E-state index is 14.1. The summed E-state index contributed by atoms with van der Waals surface area (Å²) in [5, 5.41) is 3.79. The predicted molar refractivity (Wildman–Crippen MR) is 149 cm³/mol. The molecule has 0 unspecified atom stereocenters. The van der Waals surface area contributed by atoms with Gasteiger partial charge in [0.2, 0.25) is 11.8 Å². The number of nitrogens with zero attached hydrogens (tertiary/aromatic N) is 3. The van der Waals surface area contributed by atoms with Crippen molar-refractivity contribution in [3.05, 3.63) is 53.8 Å². The van der Waals surface area contributed by atoms with E-state index in [1.807, 2.05) is 43.0 Å². The third-order valence-corrected chi connectivity index (χ3v) is 6.80. The second-order valence-electron chi connectivity index (χ2n) is 10.1. The first-order chi connectivity index (χ1) is 18.7. The Balaban J connectivity index is 1.49. The van der Waals surface area contributed by atoms with Gasteiger partial charge in [0.05, 0.1) is 31.3 Å². The number of aromatic nitrogens is 1. The van der Waals surface area contributed by atoms with Crippen LogP contribution in [0.5, 0.6) is 11.5 Å². The molecule has 8 nitrogen and oxygen atoms in total. The van der Waals surface area contributed by atoms with Crippen LogP contribution in [0.4, 0.5) is 4.39 Å². The number of fused-ring (bicyclic) bond motifs is 1. The van der Waals surface area contributed by atoms with Gasteiger partial charge in [0, 0.05) is 56.6 Å². The van der Waals surface area contributed by atoms with E-state index >= 15 is 0 Å². The van der Waals surface area contributed by atoms with E-state index in [9.17, 15) is 14.0 Å². The highest BCUT2D eigenvalue weighted by Gasteiger charge is 2.18. The lowest BCUT2D eigenvalue weighted by atomic mass is 10.00. The molecule has 1 saturated heterocycles. The summed E-state index contributed by atoms with van der Waals surface area (Å²) < 4.78 is 25.3. The third kappa shape index (κ3) is 7.44. The standard InChI is InChI=1S/C30H37FN4O4/c1-20(2)32-29(37)19-24-16-23-17-25(39-15-5-10-34-11-13-35(14-12-34)21(3)36)7-9-27(23)33-30(24)22-6-8-26(31)28(18-22)38-4/h6-9,16-18,20H,5,10-15,19H2,1-4H3,(H,32,37). The summed E-state index contributed by atoms with van der Waals surface area (Å²) >= 11 is 0. The highest BCUT2D eigenvalue weighted by molar-refractivity contribution is 5.88. The lowest BCUT2D eigenvalue weighted by Gasteiger charge is -2.34. The second-order valence-corrected chi connectivity index (χ2v) is 10.1. The van der Waals surface area contributed by atoms with Gasteiger partial charge in [-0.15, -0.1) is 0 Å². The summed E-state index contributed by atoms with van der Waals surface area (Å²) in [6, 6.07) is 12.3. The number of benzene rings is 2. The zero-order chi connectivity index (χ0) is 27.9. The first-order valence-corrected chi connectivity index (χ1v) is 13.4. The van der Waals surface area contributed by atoms with Gasteiger partial charge in [-0.3, -0.25) is 14.5 Å². The Morgan fingerprint density at radius 2 is 1.85 bits per heavy atom. The molecule has 4 rings (SSSR count). The Hall–Kier alpha value is -3.72.